The van der Waals surface area contributed by atoms with E-state index in [-0.39, 0.29) is 12.2 Å². The molecule has 1 aromatic rings. The topological polar surface area (TPSA) is 69.7 Å². The Morgan fingerprint density at radius 2 is 2.00 bits per heavy atom. The molecule has 1 aliphatic carbocycles. The molecule has 1 aliphatic rings. The molecule has 0 atom stereocenters. The summed E-state index contributed by atoms with van der Waals surface area (Å²) >= 11 is 0. The molecule has 18 heavy (non-hydrogen) atoms. The van der Waals surface area contributed by atoms with Crippen molar-refractivity contribution in [2.75, 3.05) is 13.7 Å². The van der Waals surface area contributed by atoms with E-state index in [1.807, 2.05) is 0 Å². The Balaban J connectivity index is 2.30. The summed E-state index contributed by atoms with van der Waals surface area (Å²) in [6.07, 6.45) is 2.70. The first-order chi connectivity index (χ1) is 8.63. The molecule has 5 heteroatoms. The van der Waals surface area contributed by atoms with Gasteiger partial charge in [-0.25, -0.2) is 4.79 Å². The predicted molar refractivity (Wildman–Crippen MR) is 62.3 cm³/mol. The lowest BCUT2D eigenvalue weighted by atomic mass is 9.95. The van der Waals surface area contributed by atoms with E-state index in [0.29, 0.717) is 11.3 Å². The third-order valence-corrected chi connectivity index (χ3v) is 2.51. The van der Waals surface area contributed by atoms with Crippen LogP contribution in [0.1, 0.15) is 15.9 Å². The molecule has 0 aliphatic heterocycles. The molecule has 0 bridgehead atoms. The second-order valence-corrected chi connectivity index (χ2v) is 3.61. The highest BCUT2D eigenvalue weighted by Gasteiger charge is 2.23. The van der Waals surface area contributed by atoms with Gasteiger partial charge in [0.25, 0.3) is 0 Å². The first-order valence-electron chi connectivity index (χ1n) is 5.23. The lowest BCUT2D eigenvalue weighted by Crippen LogP contribution is -2.18. The second-order valence-electron chi connectivity index (χ2n) is 3.61. The molecule has 0 radical (unpaired) electrons. The van der Waals surface area contributed by atoms with Gasteiger partial charge in [-0.15, -0.1) is 0 Å². The van der Waals surface area contributed by atoms with Crippen LogP contribution in [0.15, 0.2) is 24.3 Å². The minimum Gasteiger partial charge on any atom is -0.481 e. The van der Waals surface area contributed by atoms with Crippen LogP contribution >= 0.6 is 0 Å². The number of fused-ring (bicyclic) bond motifs is 1. The zero-order valence-electron chi connectivity index (χ0n) is 9.64. The molecule has 0 aromatic heterocycles. The van der Waals surface area contributed by atoms with Crippen LogP contribution in [0, 0.1) is 0 Å². The van der Waals surface area contributed by atoms with Gasteiger partial charge in [0.15, 0.2) is 6.61 Å². The van der Waals surface area contributed by atoms with E-state index in [1.165, 1.54) is 19.3 Å². The quantitative estimate of drug-likeness (QED) is 0.588. The Kier molecular flexibility index (Phi) is 3.23. The van der Waals surface area contributed by atoms with Crippen molar-refractivity contribution < 1.29 is 23.9 Å². The van der Waals surface area contributed by atoms with Gasteiger partial charge in [-0.1, -0.05) is 12.1 Å². The molecular weight excluding hydrogens is 236 g/mol. The number of Topliss-reactive ketones (excluding diaryl/α,β-unsaturated/α-hetero) is 1. The van der Waals surface area contributed by atoms with E-state index in [0.717, 1.165) is 0 Å². The van der Waals surface area contributed by atoms with Gasteiger partial charge in [0.1, 0.15) is 5.75 Å². The van der Waals surface area contributed by atoms with Gasteiger partial charge in [0, 0.05) is 11.1 Å². The SMILES string of the molecule is COC(=O)COc1cccc2c1C=CC(=O)C2=O. The van der Waals surface area contributed by atoms with Crippen molar-refractivity contribution in [3.8, 4) is 5.75 Å². The zero-order valence-corrected chi connectivity index (χ0v) is 9.64. The predicted octanol–water partition coefficient (Wildman–Crippen LogP) is 1.02. The number of hydrogen-bond acceptors (Lipinski definition) is 5. The summed E-state index contributed by atoms with van der Waals surface area (Å²) < 4.78 is 9.70. The third kappa shape index (κ3) is 2.15. The highest BCUT2D eigenvalue weighted by Crippen LogP contribution is 2.27. The first kappa shape index (κ1) is 12.0. The molecule has 5 nitrogen and oxygen atoms in total. The van der Waals surface area contributed by atoms with E-state index in [1.54, 1.807) is 18.2 Å². The van der Waals surface area contributed by atoms with Crippen LogP contribution in [0.5, 0.6) is 5.75 Å². The fourth-order valence-electron chi connectivity index (χ4n) is 1.60. The molecule has 0 fully saturated rings. The fraction of sp³-hybridized carbons (Fsp3) is 0.154. The van der Waals surface area contributed by atoms with Gasteiger partial charge in [0.2, 0.25) is 11.6 Å². The summed E-state index contributed by atoms with van der Waals surface area (Å²) in [7, 11) is 1.26. The minimum atomic E-state index is -0.573. The molecule has 0 amide bonds. The Morgan fingerprint density at radius 3 is 2.72 bits per heavy atom. The fourth-order valence-corrected chi connectivity index (χ4v) is 1.60. The molecule has 0 saturated carbocycles. The van der Waals surface area contributed by atoms with Crippen molar-refractivity contribution in [2.24, 2.45) is 0 Å². The van der Waals surface area contributed by atoms with Crippen molar-refractivity contribution in [2.45, 2.75) is 0 Å². The van der Waals surface area contributed by atoms with Crippen LogP contribution < -0.4 is 4.74 Å². The van der Waals surface area contributed by atoms with Crippen LogP contribution in [0.25, 0.3) is 6.08 Å². The number of carbonyl (C=O) groups excluding carboxylic acids is 3. The summed E-state index contributed by atoms with van der Waals surface area (Å²) in [6.45, 7) is -0.247. The number of ketones is 2. The summed E-state index contributed by atoms with van der Waals surface area (Å²) in [5.74, 6) is -1.28. The number of hydrogen-bond donors (Lipinski definition) is 0. The minimum absolute atomic E-state index is 0.247. The largest absolute Gasteiger partial charge is 0.481 e. The maximum atomic E-state index is 11.6. The molecule has 0 heterocycles. The number of rotatable bonds is 3. The van der Waals surface area contributed by atoms with Gasteiger partial charge in [-0.2, -0.15) is 0 Å². The smallest absolute Gasteiger partial charge is 0.343 e. The lowest BCUT2D eigenvalue weighted by Gasteiger charge is -2.13. The molecule has 0 unspecified atom stereocenters. The molecule has 0 N–H and O–H groups in total. The van der Waals surface area contributed by atoms with Gasteiger partial charge in [-0.05, 0) is 18.2 Å². The van der Waals surface area contributed by atoms with E-state index in [2.05, 4.69) is 4.74 Å². The number of methoxy groups -OCH3 is 1. The maximum absolute atomic E-state index is 11.6. The van der Waals surface area contributed by atoms with Crippen LogP contribution in [0.2, 0.25) is 0 Å². The number of allylic oxidation sites excluding steroid dienone is 1. The standard InChI is InChI=1S/C13H10O5/c1-17-12(15)7-18-11-4-2-3-9-8(11)5-6-10(14)13(9)16/h2-6H,7H2,1H3. The molecule has 1 aromatic carbocycles. The van der Waals surface area contributed by atoms with Crippen molar-refractivity contribution in [3.05, 3.63) is 35.4 Å². The summed E-state index contributed by atoms with van der Waals surface area (Å²) in [5, 5.41) is 0. The molecule has 92 valence electrons. The van der Waals surface area contributed by atoms with Crippen LogP contribution in [-0.4, -0.2) is 31.3 Å². The average molecular weight is 246 g/mol. The Morgan fingerprint density at radius 1 is 1.22 bits per heavy atom. The zero-order chi connectivity index (χ0) is 13.1. The maximum Gasteiger partial charge on any atom is 0.343 e. The van der Waals surface area contributed by atoms with Crippen molar-refractivity contribution in [3.63, 3.8) is 0 Å². The number of benzene rings is 1. The monoisotopic (exact) mass is 246 g/mol. The van der Waals surface area contributed by atoms with Gasteiger partial charge >= 0.3 is 5.97 Å². The highest BCUT2D eigenvalue weighted by molar-refractivity contribution is 6.50. The lowest BCUT2D eigenvalue weighted by molar-refractivity contribution is -0.142. The summed E-state index contributed by atoms with van der Waals surface area (Å²) in [5.41, 5.74) is 0.788. The van der Waals surface area contributed by atoms with Crippen molar-refractivity contribution >= 4 is 23.6 Å². The Hall–Kier alpha value is -2.43. The Bertz CT molecular complexity index is 557. The van der Waals surface area contributed by atoms with E-state index in [4.69, 9.17) is 4.74 Å². The molecule has 0 saturated heterocycles. The van der Waals surface area contributed by atoms with Crippen LogP contribution in [0.3, 0.4) is 0 Å². The molecule has 0 spiro atoms. The number of ether oxygens (including phenoxy) is 2. The highest BCUT2D eigenvalue weighted by atomic mass is 16.6. The summed E-state index contributed by atoms with van der Waals surface area (Å²) in [4.78, 5) is 33.8. The first-order valence-corrected chi connectivity index (χ1v) is 5.23. The molecule has 2 rings (SSSR count). The number of carbonyl (C=O) groups is 3. The van der Waals surface area contributed by atoms with Crippen LogP contribution in [0.4, 0.5) is 0 Å². The van der Waals surface area contributed by atoms with Crippen LogP contribution in [-0.2, 0) is 14.3 Å². The summed E-state index contributed by atoms with van der Waals surface area (Å²) in [6, 6.07) is 4.76. The van der Waals surface area contributed by atoms with E-state index in [9.17, 15) is 14.4 Å². The van der Waals surface area contributed by atoms with E-state index >= 15 is 0 Å². The normalized spacial score (nSPS) is 13.2. The van der Waals surface area contributed by atoms with Gasteiger partial charge < -0.3 is 9.47 Å². The third-order valence-electron chi connectivity index (χ3n) is 2.51. The van der Waals surface area contributed by atoms with Crippen molar-refractivity contribution in [1.29, 1.82) is 0 Å². The molecular formula is C13H10O5. The van der Waals surface area contributed by atoms with Gasteiger partial charge in [-0.3, -0.25) is 9.59 Å². The van der Waals surface area contributed by atoms with Gasteiger partial charge in [0.05, 0.1) is 7.11 Å². The number of esters is 1. The Labute approximate surface area is 103 Å². The van der Waals surface area contributed by atoms with E-state index < -0.39 is 17.5 Å². The second kappa shape index (κ2) is 4.83. The average Bonchev–Trinajstić information content (AvgIpc) is 2.40. The van der Waals surface area contributed by atoms with Crippen molar-refractivity contribution in [1.82, 2.24) is 0 Å².